The maximum Gasteiger partial charge on any atom is 0.184 e. The van der Waals surface area contributed by atoms with Gasteiger partial charge in [0.15, 0.2) is 27.2 Å². The second kappa shape index (κ2) is 10.7. The van der Waals surface area contributed by atoms with Gasteiger partial charge in [-0.15, -0.1) is 0 Å². The number of hydrogen-bond acceptors (Lipinski definition) is 10. The van der Waals surface area contributed by atoms with Gasteiger partial charge in [0, 0.05) is 32.0 Å². The standard InChI is InChI=1S/C25H27N7O4S/c1-5-21(33)18-13-26-23(30-22-11-6-8-16(28-22)14-37(4,34)35)12-20(18)29-19-10-7-9-17(24(19)36-3)25-27-15-32(2)31-25/h6-13,15H,5,14H2,1-4H3,(H2,26,28,29,30). The van der Waals surface area contributed by atoms with Gasteiger partial charge < -0.3 is 15.4 Å². The molecule has 11 nitrogen and oxygen atoms in total. The third-order valence-corrected chi connectivity index (χ3v) is 6.15. The van der Waals surface area contributed by atoms with Crippen molar-refractivity contribution in [2.45, 2.75) is 19.1 Å². The highest BCUT2D eigenvalue weighted by molar-refractivity contribution is 7.89. The monoisotopic (exact) mass is 521 g/mol. The molecular weight excluding hydrogens is 494 g/mol. The molecule has 0 aliphatic heterocycles. The summed E-state index contributed by atoms with van der Waals surface area (Å²) in [4.78, 5) is 25.7. The van der Waals surface area contributed by atoms with Crippen molar-refractivity contribution in [3.8, 4) is 17.1 Å². The number of pyridine rings is 2. The average Bonchev–Trinajstić information content (AvgIpc) is 3.29. The molecule has 0 bridgehead atoms. The maximum atomic E-state index is 12.7. The molecule has 4 aromatic rings. The summed E-state index contributed by atoms with van der Waals surface area (Å²) < 4.78 is 30.6. The number of nitrogens with zero attached hydrogens (tertiary/aromatic N) is 5. The first-order chi connectivity index (χ1) is 17.7. The molecule has 0 unspecified atom stereocenters. The van der Waals surface area contributed by atoms with Crippen LogP contribution in [0.4, 0.5) is 23.0 Å². The number of benzene rings is 1. The fourth-order valence-electron chi connectivity index (χ4n) is 3.71. The van der Waals surface area contributed by atoms with Crippen LogP contribution in [-0.2, 0) is 22.6 Å². The highest BCUT2D eigenvalue weighted by Gasteiger charge is 2.18. The number of methoxy groups -OCH3 is 1. The van der Waals surface area contributed by atoms with Gasteiger partial charge in [-0.1, -0.05) is 19.1 Å². The largest absolute Gasteiger partial charge is 0.494 e. The molecule has 3 heterocycles. The molecule has 4 rings (SSSR count). The third-order valence-electron chi connectivity index (χ3n) is 5.33. The van der Waals surface area contributed by atoms with Crippen molar-refractivity contribution in [2.75, 3.05) is 24.0 Å². The lowest BCUT2D eigenvalue weighted by Crippen LogP contribution is -2.07. The van der Waals surface area contributed by atoms with Crippen LogP contribution in [0.15, 0.2) is 55.0 Å². The molecule has 2 N–H and O–H groups in total. The molecule has 192 valence electrons. The number of hydrogen-bond donors (Lipinski definition) is 2. The molecule has 0 fully saturated rings. The van der Waals surface area contributed by atoms with Gasteiger partial charge in [0.2, 0.25) is 0 Å². The predicted octanol–water partition coefficient (Wildman–Crippen LogP) is 3.91. The SMILES string of the molecule is CCC(=O)c1cnc(Nc2cccc(CS(C)(=O)=O)n2)cc1Nc1cccc(-c2ncn(C)n2)c1OC. The smallest absolute Gasteiger partial charge is 0.184 e. The van der Waals surface area contributed by atoms with Crippen molar-refractivity contribution in [3.63, 3.8) is 0 Å². The van der Waals surface area contributed by atoms with E-state index in [2.05, 4.69) is 30.7 Å². The van der Waals surface area contributed by atoms with Gasteiger partial charge >= 0.3 is 0 Å². The number of ketones is 1. The second-order valence-corrected chi connectivity index (χ2v) is 10.5. The van der Waals surface area contributed by atoms with Gasteiger partial charge in [-0.2, -0.15) is 5.10 Å². The Hall–Kier alpha value is -4.32. The molecule has 12 heteroatoms. The Bertz CT molecular complexity index is 1550. The lowest BCUT2D eigenvalue weighted by atomic mass is 10.1. The van der Waals surface area contributed by atoms with Gasteiger partial charge in [0.1, 0.15) is 18.0 Å². The van der Waals surface area contributed by atoms with E-state index in [1.807, 2.05) is 18.2 Å². The molecule has 37 heavy (non-hydrogen) atoms. The van der Waals surface area contributed by atoms with E-state index in [1.54, 1.807) is 56.4 Å². The Kier molecular flexibility index (Phi) is 7.48. The summed E-state index contributed by atoms with van der Waals surface area (Å²) in [5.41, 5.74) is 2.64. The summed E-state index contributed by atoms with van der Waals surface area (Å²) in [5.74, 6) is 1.61. The van der Waals surface area contributed by atoms with Crippen LogP contribution in [-0.4, -0.2) is 52.3 Å². The highest BCUT2D eigenvalue weighted by Crippen LogP contribution is 2.37. The third kappa shape index (κ3) is 6.28. The fraction of sp³-hybridized carbons (Fsp3) is 0.240. The number of anilines is 4. The van der Waals surface area contributed by atoms with Crippen molar-refractivity contribution < 1.29 is 17.9 Å². The molecule has 0 aliphatic carbocycles. The second-order valence-electron chi connectivity index (χ2n) is 8.35. The number of nitrogens with one attached hydrogen (secondary N) is 2. The minimum Gasteiger partial charge on any atom is -0.494 e. The summed E-state index contributed by atoms with van der Waals surface area (Å²) in [5, 5.41) is 10.8. The number of para-hydroxylation sites is 1. The van der Waals surface area contributed by atoms with Crippen molar-refractivity contribution in [2.24, 2.45) is 7.05 Å². The lowest BCUT2D eigenvalue weighted by molar-refractivity contribution is 0.0988. The minimum absolute atomic E-state index is 0.0867. The van der Waals surface area contributed by atoms with E-state index >= 15 is 0 Å². The van der Waals surface area contributed by atoms with Crippen LogP contribution >= 0.6 is 0 Å². The van der Waals surface area contributed by atoms with E-state index in [0.29, 0.717) is 57.8 Å². The molecule has 0 aliphatic rings. The van der Waals surface area contributed by atoms with Gasteiger partial charge in [0.05, 0.1) is 41.1 Å². The summed E-state index contributed by atoms with van der Waals surface area (Å²) in [6, 6.07) is 12.3. The molecule has 0 radical (unpaired) electrons. The first-order valence-corrected chi connectivity index (χ1v) is 13.5. The van der Waals surface area contributed by atoms with Crippen LogP contribution in [0.5, 0.6) is 5.75 Å². The number of sulfone groups is 1. The van der Waals surface area contributed by atoms with E-state index in [0.717, 1.165) is 6.26 Å². The molecule has 0 spiro atoms. The number of carbonyl (C=O) groups excluding carboxylic acids is 1. The summed E-state index contributed by atoms with van der Waals surface area (Å²) >= 11 is 0. The predicted molar refractivity (Wildman–Crippen MR) is 141 cm³/mol. The zero-order chi connectivity index (χ0) is 26.6. The Labute approximate surface area is 214 Å². The summed E-state index contributed by atoms with van der Waals surface area (Å²) in [6.07, 6.45) is 4.55. The summed E-state index contributed by atoms with van der Waals surface area (Å²) in [6.45, 7) is 1.78. The molecular formula is C25H27N7O4S. The zero-order valence-electron chi connectivity index (χ0n) is 20.9. The lowest BCUT2D eigenvalue weighted by Gasteiger charge is -2.17. The quantitative estimate of drug-likeness (QED) is 0.295. The fourth-order valence-corrected chi connectivity index (χ4v) is 4.41. The van der Waals surface area contributed by atoms with Crippen LogP contribution in [0.1, 0.15) is 29.4 Å². The van der Waals surface area contributed by atoms with Gasteiger partial charge in [0.25, 0.3) is 0 Å². The topological polar surface area (TPSA) is 141 Å². The van der Waals surface area contributed by atoms with Crippen molar-refractivity contribution in [1.29, 1.82) is 0 Å². The van der Waals surface area contributed by atoms with E-state index in [9.17, 15) is 13.2 Å². The molecule has 0 atom stereocenters. The van der Waals surface area contributed by atoms with Gasteiger partial charge in [-0.25, -0.2) is 23.4 Å². The van der Waals surface area contributed by atoms with Crippen LogP contribution in [0, 0.1) is 0 Å². The normalized spacial score (nSPS) is 11.2. The number of aryl methyl sites for hydroxylation is 1. The van der Waals surface area contributed by atoms with E-state index in [1.165, 1.54) is 6.20 Å². The number of carbonyl (C=O) groups is 1. The number of aromatic nitrogens is 5. The van der Waals surface area contributed by atoms with E-state index < -0.39 is 9.84 Å². The first-order valence-electron chi connectivity index (χ1n) is 11.4. The minimum atomic E-state index is -3.23. The molecule has 0 saturated heterocycles. The van der Waals surface area contributed by atoms with Gasteiger partial charge in [-0.3, -0.25) is 9.48 Å². The van der Waals surface area contributed by atoms with Crippen LogP contribution in [0.3, 0.4) is 0 Å². The van der Waals surface area contributed by atoms with Gasteiger partial charge in [-0.05, 0) is 24.3 Å². The molecule has 1 aromatic carbocycles. The number of ether oxygens (including phenoxy) is 1. The maximum absolute atomic E-state index is 12.7. The number of Topliss-reactive ketones (excluding diaryl/α,β-unsaturated/α-hetero) is 1. The zero-order valence-corrected chi connectivity index (χ0v) is 21.7. The van der Waals surface area contributed by atoms with E-state index in [4.69, 9.17) is 4.74 Å². The molecule has 3 aromatic heterocycles. The Balaban J connectivity index is 1.70. The van der Waals surface area contributed by atoms with Crippen LogP contribution < -0.4 is 15.4 Å². The molecule has 0 saturated carbocycles. The van der Waals surface area contributed by atoms with Crippen LogP contribution in [0.25, 0.3) is 11.4 Å². The van der Waals surface area contributed by atoms with E-state index in [-0.39, 0.29) is 11.5 Å². The molecule has 0 amide bonds. The Morgan fingerprint density at radius 1 is 1.05 bits per heavy atom. The van der Waals surface area contributed by atoms with Crippen LogP contribution in [0.2, 0.25) is 0 Å². The Morgan fingerprint density at radius 2 is 1.84 bits per heavy atom. The highest BCUT2D eigenvalue weighted by atomic mass is 32.2. The van der Waals surface area contributed by atoms with Crippen molar-refractivity contribution >= 4 is 38.6 Å². The first kappa shape index (κ1) is 25.8. The Morgan fingerprint density at radius 3 is 2.51 bits per heavy atom. The summed E-state index contributed by atoms with van der Waals surface area (Å²) in [7, 11) is 0.107. The van der Waals surface area contributed by atoms with Crippen molar-refractivity contribution in [1.82, 2.24) is 24.7 Å². The van der Waals surface area contributed by atoms with Crippen molar-refractivity contribution in [3.05, 3.63) is 66.2 Å². The number of rotatable bonds is 10. The average molecular weight is 522 g/mol.